The van der Waals surface area contributed by atoms with Gasteiger partial charge in [0.15, 0.2) is 0 Å². The Hall–Kier alpha value is -0.930. The molecule has 0 saturated heterocycles. The highest BCUT2D eigenvalue weighted by Gasteiger charge is 2.00. The van der Waals surface area contributed by atoms with E-state index in [1.165, 1.54) is 0 Å². The summed E-state index contributed by atoms with van der Waals surface area (Å²) < 4.78 is 1.00. The molecular formula is C10H8BrNO. The van der Waals surface area contributed by atoms with Crippen LogP contribution >= 0.6 is 15.9 Å². The molecule has 2 rings (SSSR count). The van der Waals surface area contributed by atoms with Gasteiger partial charge in [0.05, 0.1) is 12.1 Å². The highest BCUT2D eigenvalue weighted by Crippen LogP contribution is 2.20. The van der Waals surface area contributed by atoms with Crippen LogP contribution in [0.4, 0.5) is 0 Å². The minimum Gasteiger partial charge on any atom is -0.392 e. The summed E-state index contributed by atoms with van der Waals surface area (Å²) in [7, 11) is 0. The van der Waals surface area contributed by atoms with Crippen LogP contribution in [0.1, 0.15) is 5.56 Å². The van der Waals surface area contributed by atoms with Crippen LogP contribution in [0.25, 0.3) is 10.9 Å². The minimum atomic E-state index is 0.0562. The van der Waals surface area contributed by atoms with Gasteiger partial charge in [-0.2, -0.15) is 0 Å². The van der Waals surface area contributed by atoms with Crippen molar-refractivity contribution in [3.8, 4) is 0 Å². The van der Waals surface area contributed by atoms with Gasteiger partial charge in [0.2, 0.25) is 0 Å². The van der Waals surface area contributed by atoms with E-state index in [0.29, 0.717) is 0 Å². The van der Waals surface area contributed by atoms with Crippen molar-refractivity contribution in [2.45, 2.75) is 6.61 Å². The Balaban J connectivity index is 2.77. The van der Waals surface area contributed by atoms with E-state index in [9.17, 15) is 0 Å². The topological polar surface area (TPSA) is 33.1 Å². The smallest absolute Gasteiger partial charge is 0.0716 e. The molecule has 3 heteroatoms. The molecule has 66 valence electrons. The maximum absolute atomic E-state index is 9.07. The van der Waals surface area contributed by atoms with Gasteiger partial charge in [-0.25, -0.2) is 0 Å². The fraction of sp³-hybridized carbons (Fsp3) is 0.100. The van der Waals surface area contributed by atoms with Crippen molar-refractivity contribution in [3.05, 3.63) is 40.5 Å². The molecule has 13 heavy (non-hydrogen) atoms. The van der Waals surface area contributed by atoms with Gasteiger partial charge in [-0.3, -0.25) is 4.98 Å². The van der Waals surface area contributed by atoms with Crippen LogP contribution in [0.2, 0.25) is 0 Å². The summed E-state index contributed by atoms with van der Waals surface area (Å²) >= 11 is 3.38. The van der Waals surface area contributed by atoms with Gasteiger partial charge in [0, 0.05) is 16.1 Å². The van der Waals surface area contributed by atoms with E-state index in [4.69, 9.17) is 5.11 Å². The van der Waals surface area contributed by atoms with Gasteiger partial charge in [-0.15, -0.1) is 0 Å². The van der Waals surface area contributed by atoms with Crippen molar-refractivity contribution in [2.24, 2.45) is 0 Å². The number of aromatic nitrogens is 1. The van der Waals surface area contributed by atoms with Crippen molar-refractivity contribution in [1.29, 1.82) is 0 Å². The van der Waals surface area contributed by atoms with Crippen molar-refractivity contribution in [1.82, 2.24) is 4.98 Å². The lowest BCUT2D eigenvalue weighted by atomic mass is 10.1. The lowest BCUT2D eigenvalue weighted by Gasteiger charge is -2.02. The molecular weight excluding hydrogens is 230 g/mol. The summed E-state index contributed by atoms with van der Waals surface area (Å²) in [6.45, 7) is 0.0562. The Kier molecular flexibility index (Phi) is 2.29. The fourth-order valence-electron chi connectivity index (χ4n) is 1.32. The first-order chi connectivity index (χ1) is 6.31. The van der Waals surface area contributed by atoms with Crippen molar-refractivity contribution < 1.29 is 5.11 Å². The molecule has 1 N–H and O–H groups in total. The highest BCUT2D eigenvalue weighted by molar-refractivity contribution is 9.10. The fourth-order valence-corrected chi connectivity index (χ4v) is 1.67. The first-order valence-electron chi connectivity index (χ1n) is 3.95. The molecule has 2 nitrogen and oxygen atoms in total. The SMILES string of the molecule is OCc1ccnc2cc(Br)ccc12. The van der Waals surface area contributed by atoms with Crippen molar-refractivity contribution >= 4 is 26.8 Å². The predicted molar refractivity (Wildman–Crippen MR) is 55.4 cm³/mol. The molecule has 0 unspecified atom stereocenters. The average molecular weight is 238 g/mol. The largest absolute Gasteiger partial charge is 0.392 e. The van der Waals surface area contributed by atoms with Crippen molar-refractivity contribution in [3.63, 3.8) is 0 Å². The van der Waals surface area contributed by atoms with Crippen LogP contribution in [-0.4, -0.2) is 10.1 Å². The maximum atomic E-state index is 9.07. The first-order valence-corrected chi connectivity index (χ1v) is 4.74. The summed E-state index contributed by atoms with van der Waals surface area (Å²) in [5.41, 5.74) is 1.82. The molecule has 0 saturated carbocycles. The van der Waals surface area contributed by atoms with E-state index >= 15 is 0 Å². The number of hydrogen-bond acceptors (Lipinski definition) is 2. The van der Waals surface area contributed by atoms with Crippen LogP contribution in [0.15, 0.2) is 34.9 Å². The molecule has 1 aromatic carbocycles. The molecule has 0 aliphatic rings. The molecule has 0 fully saturated rings. The molecule has 1 heterocycles. The Morgan fingerprint density at radius 1 is 1.31 bits per heavy atom. The van der Waals surface area contributed by atoms with Crippen LogP contribution in [0.3, 0.4) is 0 Å². The van der Waals surface area contributed by atoms with Gasteiger partial charge >= 0.3 is 0 Å². The Labute approximate surface area is 84.4 Å². The third-order valence-electron chi connectivity index (χ3n) is 1.97. The molecule has 0 aliphatic heterocycles. The summed E-state index contributed by atoms with van der Waals surface area (Å²) in [6.07, 6.45) is 1.71. The van der Waals surface area contributed by atoms with E-state index < -0.39 is 0 Å². The molecule has 0 radical (unpaired) electrons. The lowest BCUT2D eigenvalue weighted by molar-refractivity contribution is 0.283. The Bertz CT molecular complexity index is 442. The number of rotatable bonds is 1. The summed E-state index contributed by atoms with van der Waals surface area (Å²) in [5.74, 6) is 0. The average Bonchev–Trinajstić information content (AvgIpc) is 2.16. The molecule has 0 spiro atoms. The second-order valence-corrected chi connectivity index (χ2v) is 3.71. The van der Waals surface area contributed by atoms with E-state index in [-0.39, 0.29) is 6.61 Å². The second-order valence-electron chi connectivity index (χ2n) is 2.79. The quantitative estimate of drug-likeness (QED) is 0.827. The normalized spacial score (nSPS) is 10.6. The molecule has 2 aromatic rings. The molecule has 0 aliphatic carbocycles. The molecule has 0 bridgehead atoms. The Morgan fingerprint density at radius 2 is 2.15 bits per heavy atom. The molecule has 1 aromatic heterocycles. The summed E-state index contributed by atoms with van der Waals surface area (Å²) in [5, 5.41) is 10.1. The maximum Gasteiger partial charge on any atom is 0.0716 e. The number of benzene rings is 1. The molecule has 0 amide bonds. The first kappa shape index (κ1) is 8.66. The van der Waals surface area contributed by atoms with Gasteiger partial charge in [0.1, 0.15) is 0 Å². The van der Waals surface area contributed by atoms with E-state index in [0.717, 1.165) is 20.9 Å². The lowest BCUT2D eigenvalue weighted by Crippen LogP contribution is -1.87. The number of halogens is 1. The zero-order valence-corrected chi connectivity index (χ0v) is 8.45. The number of fused-ring (bicyclic) bond motifs is 1. The standard InChI is InChI=1S/C10H8BrNO/c11-8-1-2-9-7(6-13)3-4-12-10(9)5-8/h1-5,13H,6H2. The van der Waals surface area contributed by atoms with E-state index in [1.807, 2.05) is 24.3 Å². The van der Waals surface area contributed by atoms with Gasteiger partial charge in [0.25, 0.3) is 0 Å². The third-order valence-corrected chi connectivity index (χ3v) is 2.46. The van der Waals surface area contributed by atoms with Gasteiger partial charge in [-0.05, 0) is 23.8 Å². The van der Waals surface area contributed by atoms with Gasteiger partial charge in [-0.1, -0.05) is 22.0 Å². The zero-order chi connectivity index (χ0) is 9.26. The monoisotopic (exact) mass is 237 g/mol. The third kappa shape index (κ3) is 1.57. The summed E-state index contributed by atoms with van der Waals surface area (Å²) in [6, 6.07) is 7.67. The second kappa shape index (κ2) is 3.44. The summed E-state index contributed by atoms with van der Waals surface area (Å²) in [4.78, 5) is 4.21. The van der Waals surface area contributed by atoms with Gasteiger partial charge < -0.3 is 5.11 Å². The highest BCUT2D eigenvalue weighted by atomic mass is 79.9. The van der Waals surface area contributed by atoms with E-state index in [2.05, 4.69) is 20.9 Å². The number of hydrogen-bond donors (Lipinski definition) is 1. The van der Waals surface area contributed by atoms with E-state index in [1.54, 1.807) is 6.20 Å². The van der Waals surface area contributed by atoms with Crippen LogP contribution in [-0.2, 0) is 6.61 Å². The number of nitrogens with zero attached hydrogens (tertiary/aromatic N) is 1. The van der Waals surface area contributed by atoms with Crippen LogP contribution in [0.5, 0.6) is 0 Å². The number of pyridine rings is 1. The predicted octanol–water partition coefficient (Wildman–Crippen LogP) is 2.49. The molecule has 0 atom stereocenters. The minimum absolute atomic E-state index is 0.0562. The van der Waals surface area contributed by atoms with Crippen molar-refractivity contribution in [2.75, 3.05) is 0 Å². The zero-order valence-electron chi connectivity index (χ0n) is 6.87. The number of aliphatic hydroxyl groups is 1. The van der Waals surface area contributed by atoms with Crippen LogP contribution in [0, 0.1) is 0 Å². The van der Waals surface area contributed by atoms with Crippen LogP contribution < -0.4 is 0 Å². The Morgan fingerprint density at radius 3 is 2.92 bits per heavy atom. The number of aliphatic hydroxyl groups excluding tert-OH is 1.